The molecule has 1 aromatic rings. The summed E-state index contributed by atoms with van der Waals surface area (Å²) >= 11 is 0. The topological polar surface area (TPSA) is 47.7 Å². The monoisotopic (exact) mass is 278 g/mol. The Labute approximate surface area is 121 Å². The average Bonchev–Trinajstić information content (AvgIpc) is 2.76. The third-order valence-corrected chi connectivity index (χ3v) is 3.64. The van der Waals surface area contributed by atoms with Gasteiger partial charge < -0.3 is 15.2 Å². The van der Waals surface area contributed by atoms with Crippen molar-refractivity contribution >= 4 is 0 Å². The Balaban J connectivity index is 2.09. The number of hydrogen-bond acceptors (Lipinski definition) is 4. The summed E-state index contributed by atoms with van der Waals surface area (Å²) in [5, 5.41) is 0. The molecule has 2 rings (SSSR count). The third-order valence-electron chi connectivity index (χ3n) is 3.64. The smallest absolute Gasteiger partial charge is 0.119 e. The van der Waals surface area contributed by atoms with Gasteiger partial charge in [-0.2, -0.15) is 0 Å². The van der Waals surface area contributed by atoms with Crippen LogP contribution in [0.1, 0.15) is 31.4 Å². The fraction of sp³-hybridized carbons (Fsp3) is 0.625. The maximum absolute atomic E-state index is 6.01. The van der Waals surface area contributed by atoms with E-state index in [9.17, 15) is 0 Å². The van der Waals surface area contributed by atoms with Gasteiger partial charge >= 0.3 is 0 Å². The van der Waals surface area contributed by atoms with Crippen LogP contribution >= 0.6 is 0 Å². The summed E-state index contributed by atoms with van der Waals surface area (Å²) in [6.07, 6.45) is 2.09. The average molecular weight is 278 g/mol. The van der Waals surface area contributed by atoms with Gasteiger partial charge in [0.05, 0.1) is 13.2 Å². The quantitative estimate of drug-likeness (QED) is 0.866. The van der Waals surface area contributed by atoms with Crippen molar-refractivity contribution in [2.45, 2.75) is 25.8 Å². The molecule has 0 spiro atoms. The lowest BCUT2D eigenvalue weighted by Crippen LogP contribution is -2.35. The maximum atomic E-state index is 6.01. The molecule has 2 N–H and O–H groups in total. The number of benzene rings is 1. The van der Waals surface area contributed by atoms with Crippen LogP contribution in [0, 0.1) is 0 Å². The summed E-state index contributed by atoms with van der Waals surface area (Å²) in [6.45, 7) is 7.13. The standard InChI is InChI=1S/C16H26N2O2/c1-2-9-20-15-6-3-5-14(12-15)16(13-17)18-7-4-10-19-11-8-18/h3,5-6,12,16H,2,4,7-11,13,17H2,1H3. The van der Waals surface area contributed by atoms with Crippen molar-refractivity contribution < 1.29 is 9.47 Å². The van der Waals surface area contributed by atoms with Crippen LogP contribution in [-0.4, -0.2) is 44.4 Å². The molecule has 1 unspecified atom stereocenters. The van der Waals surface area contributed by atoms with Crippen molar-refractivity contribution in [1.82, 2.24) is 4.90 Å². The van der Waals surface area contributed by atoms with Gasteiger partial charge in [-0.1, -0.05) is 19.1 Å². The Morgan fingerprint density at radius 2 is 2.25 bits per heavy atom. The van der Waals surface area contributed by atoms with Crippen LogP contribution in [-0.2, 0) is 4.74 Å². The molecule has 1 heterocycles. The zero-order valence-electron chi connectivity index (χ0n) is 12.4. The first-order chi connectivity index (χ1) is 9.85. The fourth-order valence-corrected chi connectivity index (χ4v) is 2.60. The van der Waals surface area contributed by atoms with Crippen molar-refractivity contribution in [2.24, 2.45) is 5.73 Å². The molecule has 20 heavy (non-hydrogen) atoms. The van der Waals surface area contributed by atoms with E-state index in [2.05, 4.69) is 30.0 Å². The molecule has 0 amide bonds. The van der Waals surface area contributed by atoms with E-state index in [1.165, 1.54) is 5.56 Å². The molecule has 1 aromatic carbocycles. The first kappa shape index (κ1) is 15.3. The van der Waals surface area contributed by atoms with Crippen LogP contribution in [0.3, 0.4) is 0 Å². The molecule has 0 saturated carbocycles. The van der Waals surface area contributed by atoms with Gasteiger partial charge in [-0.25, -0.2) is 0 Å². The molecule has 4 heteroatoms. The van der Waals surface area contributed by atoms with E-state index >= 15 is 0 Å². The molecule has 0 aliphatic carbocycles. The molecule has 1 aliphatic heterocycles. The number of nitrogens with two attached hydrogens (primary N) is 1. The second-order valence-electron chi connectivity index (χ2n) is 5.17. The molecule has 0 aromatic heterocycles. The largest absolute Gasteiger partial charge is 0.494 e. The maximum Gasteiger partial charge on any atom is 0.119 e. The molecule has 4 nitrogen and oxygen atoms in total. The van der Waals surface area contributed by atoms with Gasteiger partial charge in [0, 0.05) is 32.3 Å². The molecular weight excluding hydrogens is 252 g/mol. The van der Waals surface area contributed by atoms with E-state index in [1.807, 2.05) is 6.07 Å². The minimum absolute atomic E-state index is 0.252. The third kappa shape index (κ3) is 4.20. The minimum atomic E-state index is 0.252. The second-order valence-corrected chi connectivity index (χ2v) is 5.17. The minimum Gasteiger partial charge on any atom is -0.494 e. The molecule has 0 bridgehead atoms. The molecule has 1 saturated heterocycles. The van der Waals surface area contributed by atoms with E-state index in [0.29, 0.717) is 6.54 Å². The predicted octanol–water partition coefficient (Wildman–Crippen LogP) is 2.20. The van der Waals surface area contributed by atoms with Crippen LogP contribution in [0.15, 0.2) is 24.3 Å². The lowest BCUT2D eigenvalue weighted by molar-refractivity contribution is 0.132. The van der Waals surface area contributed by atoms with Crippen molar-refractivity contribution in [3.63, 3.8) is 0 Å². The van der Waals surface area contributed by atoms with Gasteiger partial charge in [0.2, 0.25) is 0 Å². The fourth-order valence-electron chi connectivity index (χ4n) is 2.60. The number of rotatable bonds is 6. The first-order valence-electron chi connectivity index (χ1n) is 7.59. The van der Waals surface area contributed by atoms with Gasteiger partial charge in [0.1, 0.15) is 5.75 Å². The lowest BCUT2D eigenvalue weighted by atomic mass is 10.0. The molecular formula is C16H26N2O2. The van der Waals surface area contributed by atoms with Crippen molar-refractivity contribution in [3.05, 3.63) is 29.8 Å². The van der Waals surface area contributed by atoms with E-state index in [-0.39, 0.29) is 6.04 Å². The van der Waals surface area contributed by atoms with E-state index in [0.717, 1.165) is 51.5 Å². The summed E-state index contributed by atoms with van der Waals surface area (Å²) in [7, 11) is 0. The molecule has 112 valence electrons. The molecule has 1 fully saturated rings. The van der Waals surface area contributed by atoms with Crippen LogP contribution in [0.25, 0.3) is 0 Å². The predicted molar refractivity (Wildman–Crippen MR) is 81.0 cm³/mol. The first-order valence-corrected chi connectivity index (χ1v) is 7.59. The molecule has 1 aliphatic rings. The van der Waals surface area contributed by atoms with E-state index < -0.39 is 0 Å². The SMILES string of the molecule is CCCOc1cccc(C(CN)N2CCCOCC2)c1. The summed E-state index contributed by atoms with van der Waals surface area (Å²) in [5.74, 6) is 0.939. The number of nitrogens with zero attached hydrogens (tertiary/aromatic N) is 1. The lowest BCUT2D eigenvalue weighted by Gasteiger charge is -2.29. The highest BCUT2D eigenvalue weighted by Gasteiger charge is 2.20. The van der Waals surface area contributed by atoms with Crippen LogP contribution in [0.2, 0.25) is 0 Å². The Hall–Kier alpha value is -1.10. The highest BCUT2D eigenvalue weighted by Crippen LogP contribution is 2.24. The Morgan fingerprint density at radius 3 is 3.05 bits per heavy atom. The summed E-state index contributed by atoms with van der Waals surface area (Å²) in [4.78, 5) is 2.42. The Bertz CT molecular complexity index is 390. The number of ether oxygens (including phenoxy) is 2. The number of hydrogen-bond donors (Lipinski definition) is 1. The van der Waals surface area contributed by atoms with Gasteiger partial charge in [-0.3, -0.25) is 4.90 Å². The summed E-state index contributed by atoms with van der Waals surface area (Å²) in [5.41, 5.74) is 7.25. The Kier molecular flexibility index (Phi) is 6.30. The molecule has 1 atom stereocenters. The summed E-state index contributed by atoms with van der Waals surface area (Å²) in [6, 6.07) is 8.58. The highest BCUT2D eigenvalue weighted by molar-refractivity contribution is 5.31. The van der Waals surface area contributed by atoms with Crippen molar-refractivity contribution in [1.29, 1.82) is 0 Å². The van der Waals surface area contributed by atoms with Gasteiger partial charge in [-0.15, -0.1) is 0 Å². The highest BCUT2D eigenvalue weighted by atomic mass is 16.5. The van der Waals surface area contributed by atoms with Crippen molar-refractivity contribution in [2.75, 3.05) is 39.5 Å². The van der Waals surface area contributed by atoms with Gasteiger partial charge in [-0.05, 0) is 30.5 Å². The van der Waals surface area contributed by atoms with Crippen LogP contribution < -0.4 is 10.5 Å². The second kappa shape index (κ2) is 8.25. The molecule has 0 radical (unpaired) electrons. The van der Waals surface area contributed by atoms with Crippen LogP contribution in [0.4, 0.5) is 0 Å². The van der Waals surface area contributed by atoms with Crippen LogP contribution in [0.5, 0.6) is 5.75 Å². The summed E-state index contributed by atoms with van der Waals surface area (Å²) < 4.78 is 11.2. The van der Waals surface area contributed by atoms with Gasteiger partial charge in [0.25, 0.3) is 0 Å². The zero-order chi connectivity index (χ0) is 14.2. The van der Waals surface area contributed by atoms with Gasteiger partial charge in [0.15, 0.2) is 0 Å². The van der Waals surface area contributed by atoms with E-state index in [4.69, 9.17) is 15.2 Å². The van der Waals surface area contributed by atoms with E-state index in [1.54, 1.807) is 0 Å². The Morgan fingerprint density at radius 1 is 1.35 bits per heavy atom. The zero-order valence-corrected chi connectivity index (χ0v) is 12.4. The normalized spacial score (nSPS) is 18.5. The van der Waals surface area contributed by atoms with Crippen molar-refractivity contribution in [3.8, 4) is 5.75 Å².